The number of carbonyl (C=O) groups excluding carboxylic acids is 1. The number of aromatic nitrogens is 1. The van der Waals surface area contributed by atoms with Crippen molar-refractivity contribution in [1.29, 1.82) is 0 Å². The third-order valence-electron chi connectivity index (χ3n) is 5.84. The first-order valence-electron chi connectivity index (χ1n) is 10.5. The summed E-state index contributed by atoms with van der Waals surface area (Å²) in [6, 6.07) is 22.4. The first-order valence-corrected chi connectivity index (χ1v) is 10.5. The van der Waals surface area contributed by atoms with E-state index in [0.717, 1.165) is 13.1 Å². The molecule has 0 radical (unpaired) electrons. The molecule has 0 spiro atoms. The van der Waals surface area contributed by atoms with E-state index >= 15 is 0 Å². The third-order valence-corrected chi connectivity index (χ3v) is 5.84. The normalized spacial score (nSPS) is 14.6. The SMILES string of the molecule is COc1cn(C)c(C(=O)N2CCN(C(c3ccccc3)c3ccccc3)CC2)cc1=O. The number of carbonyl (C=O) groups is 1. The van der Waals surface area contributed by atoms with E-state index in [4.69, 9.17) is 4.74 Å². The number of rotatable bonds is 5. The largest absolute Gasteiger partial charge is 0.491 e. The van der Waals surface area contributed by atoms with Gasteiger partial charge in [0.2, 0.25) is 5.43 Å². The maximum absolute atomic E-state index is 13.1. The van der Waals surface area contributed by atoms with Crippen LogP contribution in [0, 0.1) is 0 Å². The molecule has 0 unspecified atom stereocenters. The van der Waals surface area contributed by atoms with Gasteiger partial charge in [-0.05, 0) is 11.1 Å². The molecule has 2 aromatic carbocycles. The van der Waals surface area contributed by atoms with Crippen LogP contribution in [0.2, 0.25) is 0 Å². The van der Waals surface area contributed by atoms with Gasteiger partial charge in [0.1, 0.15) is 5.69 Å². The van der Waals surface area contributed by atoms with Crippen molar-refractivity contribution in [2.45, 2.75) is 6.04 Å². The Hall–Kier alpha value is -3.38. The second-order valence-corrected chi connectivity index (χ2v) is 7.75. The summed E-state index contributed by atoms with van der Waals surface area (Å²) in [6.45, 7) is 2.72. The van der Waals surface area contributed by atoms with Crippen molar-refractivity contribution in [1.82, 2.24) is 14.4 Å². The molecule has 2 heterocycles. The number of ether oxygens (including phenoxy) is 1. The zero-order valence-corrected chi connectivity index (χ0v) is 17.9. The van der Waals surface area contributed by atoms with Crippen LogP contribution in [0.25, 0.3) is 0 Å². The molecule has 1 amide bonds. The number of benzene rings is 2. The Bertz CT molecular complexity index is 1050. The number of methoxy groups -OCH3 is 1. The second-order valence-electron chi connectivity index (χ2n) is 7.75. The van der Waals surface area contributed by atoms with Gasteiger partial charge in [-0.1, -0.05) is 60.7 Å². The van der Waals surface area contributed by atoms with Crippen LogP contribution < -0.4 is 10.2 Å². The second kappa shape index (κ2) is 9.18. The lowest BCUT2D eigenvalue weighted by molar-refractivity contribution is 0.0587. The molecule has 31 heavy (non-hydrogen) atoms. The van der Waals surface area contributed by atoms with Crippen LogP contribution in [0.5, 0.6) is 5.75 Å². The van der Waals surface area contributed by atoms with Gasteiger partial charge >= 0.3 is 0 Å². The lowest BCUT2D eigenvalue weighted by Gasteiger charge is -2.40. The maximum Gasteiger partial charge on any atom is 0.270 e. The van der Waals surface area contributed by atoms with Gasteiger partial charge < -0.3 is 14.2 Å². The van der Waals surface area contributed by atoms with Crippen molar-refractivity contribution >= 4 is 5.91 Å². The highest BCUT2D eigenvalue weighted by Crippen LogP contribution is 2.29. The number of piperazine rings is 1. The van der Waals surface area contributed by atoms with E-state index in [1.165, 1.54) is 24.3 Å². The minimum Gasteiger partial charge on any atom is -0.491 e. The van der Waals surface area contributed by atoms with Crippen LogP contribution in [0.15, 0.2) is 77.7 Å². The number of pyridine rings is 1. The molecule has 4 rings (SSSR count). The monoisotopic (exact) mass is 417 g/mol. The summed E-state index contributed by atoms with van der Waals surface area (Å²) < 4.78 is 6.72. The molecule has 6 nitrogen and oxygen atoms in total. The van der Waals surface area contributed by atoms with Gasteiger partial charge in [-0.3, -0.25) is 14.5 Å². The summed E-state index contributed by atoms with van der Waals surface area (Å²) in [6.07, 6.45) is 1.56. The maximum atomic E-state index is 13.1. The number of hydrogen-bond acceptors (Lipinski definition) is 4. The first kappa shape index (κ1) is 20.9. The van der Waals surface area contributed by atoms with Gasteiger partial charge in [-0.2, -0.15) is 0 Å². The molecular weight excluding hydrogens is 390 g/mol. The van der Waals surface area contributed by atoms with Crippen LogP contribution in [0.3, 0.4) is 0 Å². The smallest absolute Gasteiger partial charge is 0.270 e. The quantitative estimate of drug-likeness (QED) is 0.641. The van der Waals surface area contributed by atoms with E-state index in [2.05, 4.69) is 53.4 Å². The minimum absolute atomic E-state index is 0.127. The van der Waals surface area contributed by atoms with Gasteiger partial charge in [0, 0.05) is 39.3 Å². The average molecular weight is 418 g/mol. The molecule has 0 aliphatic carbocycles. The summed E-state index contributed by atoms with van der Waals surface area (Å²) in [5.74, 6) is 0.107. The third kappa shape index (κ3) is 4.39. The molecule has 6 heteroatoms. The van der Waals surface area contributed by atoms with Crippen molar-refractivity contribution in [3.8, 4) is 5.75 Å². The number of amides is 1. The van der Waals surface area contributed by atoms with Crippen LogP contribution in [-0.4, -0.2) is 53.6 Å². The summed E-state index contributed by atoms with van der Waals surface area (Å²) in [5.41, 5.74) is 2.58. The van der Waals surface area contributed by atoms with Crippen molar-refractivity contribution in [2.24, 2.45) is 7.05 Å². The number of aryl methyl sites for hydroxylation is 1. The Morgan fingerprint density at radius 3 is 1.97 bits per heavy atom. The Balaban J connectivity index is 1.52. The van der Waals surface area contributed by atoms with Crippen LogP contribution in [-0.2, 0) is 7.05 Å². The van der Waals surface area contributed by atoms with Crippen LogP contribution >= 0.6 is 0 Å². The number of nitrogens with zero attached hydrogens (tertiary/aromatic N) is 3. The Morgan fingerprint density at radius 1 is 0.903 bits per heavy atom. The van der Waals surface area contributed by atoms with Gasteiger partial charge in [-0.15, -0.1) is 0 Å². The molecule has 1 fully saturated rings. The van der Waals surface area contributed by atoms with Crippen LogP contribution in [0.1, 0.15) is 27.7 Å². The van der Waals surface area contributed by atoms with E-state index < -0.39 is 0 Å². The molecule has 1 aliphatic heterocycles. The zero-order valence-electron chi connectivity index (χ0n) is 17.9. The van der Waals surface area contributed by atoms with Crippen molar-refractivity contribution in [3.05, 3.63) is 100.0 Å². The van der Waals surface area contributed by atoms with Gasteiger partial charge in [-0.25, -0.2) is 0 Å². The standard InChI is InChI=1S/C25H27N3O3/c1-26-18-23(31-2)22(29)17-21(26)25(30)28-15-13-27(14-16-28)24(19-9-5-3-6-10-19)20-11-7-4-8-12-20/h3-12,17-18,24H,13-16H2,1-2H3. The van der Waals surface area contributed by atoms with E-state index in [-0.39, 0.29) is 23.1 Å². The lowest BCUT2D eigenvalue weighted by Crippen LogP contribution is -2.50. The Kier molecular flexibility index (Phi) is 6.18. The molecule has 1 aliphatic rings. The van der Waals surface area contributed by atoms with E-state index in [1.807, 2.05) is 17.0 Å². The zero-order chi connectivity index (χ0) is 21.8. The van der Waals surface area contributed by atoms with Gasteiger partial charge in [0.15, 0.2) is 5.75 Å². The predicted octanol–water partition coefficient (Wildman–Crippen LogP) is 2.94. The molecule has 0 saturated carbocycles. The Labute approximate surface area is 182 Å². The molecule has 0 bridgehead atoms. The van der Waals surface area contributed by atoms with Crippen molar-refractivity contribution < 1.29 is 9.53 Å². The van der Waals surface area contributed by atoms with Crippen LogP contribution in [0.4, 0.5) is 0 Å². The summed E-state index contributed by atoms with van der Waals surface area (Å²) >= 11 is 0. The highest BCUT2D eigenvalue weighted by Gasteiger charge is 2.29. The van der Waals surface area contributed by atoms with Crippen molar-refractivity contribution in [2.75, 3.05) is 33.3 Å². The fraction of sp³-hybridized carbons (Fsp3) is 0.280. The number of hydrogen-bond donors (Lipinski definition) is 0. The predicted molar refractivity (Wildman–Crippen MR) is 120 cm³/mol. The topological polar surface area (TPSA) is 54.8 Å². The minimum atomic E-state index is -0.282. The molecule has 1 aromatic heterocycles. The fourth-order valence-electron chi connectivity index (χ4n) is 4.20. The molecular formula is C25H27N3O3. The lowest BCUT2D eigenvalue weighted by atomic mass is 9.96. The summed E-state index contributed by atoms with van der Waals surface area (Å²) in [7, 11) is 3.21. The highest BCUT2D eigenvalue weighted by atomic mass is 16.5. The summed E-state index contributed by atoms with van der Waals surface area (Å²) in [5, 5.41) is 0. The Morgan fingerprint density at radius 2 is 1.45 bits per heavy atom. The highest BCUT2D eigenvalue weighted by molar-refractivity contribution is 5.92. The average Bonchev–Trinajstić information content (AvgIpc) is 2.82. The van der Waals surface area contributed by atoms with E-state index in [0.29, 0.717) is 18.8 Å². The summed E-state index contributed by atoms with van der Waals surface area (Å²) in [4.78, 5) is 29.5. The van der Waals surface area contributed by atoms with Gasteiger partial charge in [0.05, 0.1) is 19.3 Å². The molecule has 1 saturated heterocycles. The fourth-order valence-corrected chi connectivity index (χ4v) is 4.20. The van der Waals surface area contributed by atoms with Crippen molar-refractivity contribution in [3.63, 3.8) is 0 Å². The molecule has 160 valence electrons. The first-order chi connectivity index (χ1) is 15.1. The molecule has 0 atom stereocenters. The van der Waals surface area contributed by atoms with E-state index in [9.17, 15) is 9.59 Å². The molecule has 0 N–H and O–H groups in total. The van der Waals surface area contributed by atoms with E-state index in [1.54, 1.807) is 17.8 Å². The molecule has 3 aromatic rings. The van der Waals surface area contributed by atoms with Gasteiger partial charge in [0.25, 0.3) is 5.91 Å².